The van der Waals surface area contributed by atoms with Gasteiger partial charge in [0, 0.05) is 24.8 Å². The molecule has 7 heteroatoms. The molecule has 3 aromatic carbocycles. The molecular formula is C28H30N2O5. The van der Waals surface area contributed by atoms with Gasteiger partial charge in [-0.15, -0.1) is 0 Å². The number of carbonyl (C=O) groups excluding carboxylic acids is 1. The molecule has 0 bridgehead atoms. The van der Waals surface area contributed by atoms with E-state index in [9.17, 15) is 14.7 Å². The van der Waals surface area contributed by atoms with E-state index in [2.05, 4.69) is 17.4 Å². The lowest BCUT2D eigenvalue weighted by Gasteiger charge is -2.25. The quantitative estimate of drug-likeness (QED) is 0.416. The van der Waals surface area contributed by atoms with E-state index in [1.54, 1.807) is 18.2 Å². The summed E-state index contributed by atoms with van der Waals surface area (Å²) in [5, 5.41) is 12.8. The van der Waals surface area contributed by atoms with Gasteiger partial charge in [0.25, 0.3) is 5.91 Å². The van der Waals surface area contributed by atoms with Gasteiger partial charge in [0.15, 0.2) is 11.5 Å². The normalized spacial score (nSPS) is 13.7. The SMILES string of the molecule is COc1ccc(C(=O)NC2(C(=O)O)Cc3ccccc3C2)cc1OCCc1cccc(CCN)c1. The molecular weight excluding hydrogens is 444 g/mol. The largest absolute Gasteiger partial charge is 0.493 e. The minimum atomic E-state index is -1.38. The van der Waals surface area contributed by atoms with Gasteiger partial charge in [0.2, 0.25) is 0 Å². The number of carbonyl (C=O) groups is 2. The topological polar surface area (TPSA) is 111 Å². The number of nitrogens with one attached hydrogen (secondary N) is 1. The van der Waals surface area contributed by atoms with Crippen LogP contribution >= 0.6 is 0 Å². The number of aliphatic carboxylic acids is 1. The van der Waals surface area contributed by atoms with Crippen LogP contribution in [-0.4, -0.2) is 42.8 Å². The number of ether oxygens (including phenoxy) is 2. The molecule has 0 atom stereocenters. The third kappa shape index (κ3) is 5.46. The molecule has 7 nitrogen and oxygen atoms in total. The number of rotatable bonds is 10. The fourth-order valence-electron chi connectivity index (χ4n) is 4.51. The summed E-state index contributed by atoms with van der Waals surface area (Å²) in [7, 11) is 1.54. The first-order valence-corrected chi connectivity index (χ1v) is 11.7. The Labute approximate surface area is 204 Å². The molecule has 0 heterocycles. The third-order valence-electron chi connectivity index (χ3n) is 6.36. The number of amides is 1. The van der Waals surface area contributed by atoms with E-state index in [1.165, 1.54) is 12.7 Å². The highest BCUT2D eigenvalue weighted by atomic mass is 16.5. The fourth-order valence-corrected chi connectivity index (χ4v) is 4.51. The van der Waals surface area contributed by atoms with Crippen molar-refractivity contribution in [1.29, 1.82) is 0 Å². The maximum atomic E-state index is 13.1. The maximum absolute atomic E-state index is 13.1. The molecule has 0 unspecified atom stereocenters. The number of hydrogen-bond donors (Lipinski definition) is 3. The molecule has 0 spiro atoms. The maximum Gasteiger partial charge on any atom is 0.330 e. The number of hydrogen-bond acceptors (Lipinski definition) is 5. The second-order valence-electron chi connectivity index (χ2n) is 8.79. The lowest BCUT2D eigenvalue weighted by molar-refractivity contribution is -0.144. The number of benzene rings is 3. The summed E-state index contributed by atoms with van der Waals surface area (Å²) < 4.78 is 11.4. The second kappa shape index (κ2) is 10.6. The summed E-state index contributed by atoms with van der Waals surface area (Å²) in [6.45, 7) is 0.989. The van der Waals surface area contributed by atoms with Crippen LogP contribution in [0.2, 0.25) is 0 Å². The Morgan fingerprint density at radius 1 is 0.943 bits per heavy atom. The smallest absolute Gasteiger partial charge is 0.330 e. The Bertz CT molecular complexity index is 1200. The summed E-state index contributed by atoms with van der Waals surface area (Å²) in [4.78, 5) is 25.3. The van der Waals surface area contributed by atoms with Gasteiger partial charge in [-0.3, -0.25) is 4.79 Å². The summed E-state index contributed by atoms with van der Waals surface area (Å²) in [5.41, 5.74) is 8.77. The van der Waals surface area contributed by atoms with Gasteiger partial charge in [0.1, 0.15) is 5.54 Å². The van der Waals surface area contributed by atoms with E-state index >= 15 is 0 Å². The average Bonchev–Trinajstić information content (AvgIpc) is 3.24. The monoisotopic (exact) mass is 474 g/mol. The van der Waals surface area contributed by atoms with Crippen molar-refractivity contribution in [3.63, 3.8) is 0 Å². The zero-order chi connectivity index (χ0) is 24.8. The van der Waals surface area contributed by atoms with E-state index < -0.39 is 17.4 Å². The van der Waals surface area contributed by atoms with E-state index in [1.807, 2.05) is 36.4 Å². The number of carboxylic acids is 1. The lowest BCUT2D eigenvalue weighted by Crippen LogP contribution is -2.55. The van der Waals surface area contributed by atoms with Crippen molar-refractivity contribution in [2.75, 3.05) is 20.3 Å². The van der Waals surface area contributed by atoms with Crippen LogP contribution in [0.15, 0.2) is 66.7 Å². The molecule has 4 N–H and O–H groups in total. The molecule has 182 valence electrons. The van der Waals surface area contributed by atoms with Crippen molar-refractivity contribution in [3.05, 3.63) is 94.5 Å². The predicted octanol–water partition coefficient (Wildman–Crippen LogP) is 3.17. The van der Waals surface area contributed by atoms with Crippen molar-refractivity contribution in [2.45, 2.75) is 31.2 Å². The molecule has 0 fully saturated rings. The number of methoxy groups -OCH3 is 1. The van der Waals surface area contributed by atoms with Crippen molar-refractivity contribution < 1.29 is 24.2 Å². The van der Waals surface area contributed by atoms with Gasteiger partial charge >= 0.3 is 5.97 Å². The van der Waals surface area contributed by atoms with E-state index in [0.29, 0.717) is 36.6 Å². The van der Waals surface area contributed by atoms with E-state index in [4.69, 9.17) is 15.2 Å². The lowest BCUT2D eigenvalue weighted by atomic mass is 9.95. The molecule has 1 aliphatic carbocycles. The zero-order valence-electron chi connectivity index (χ0n) is 19.8. The summed E-state index contributed by atoms with van der Waals surface area (Å²) in [6, 6.07) is 20.6. The molecule has 3 aromatic rings. The molecule has 0 saturated heterocycles. The summed E-state index contributed by atoms with van der Waals surface area (Å²) >= 11 is 0. The van der Waals surface area contributed by atoms with Gasteiger partial charge in [-0.25, -0.2) is 4.79 Å². The van der Waals surface area contributed by atoms with Crippen molar-refractivity contribution >= 4 is 11.9 Å². The molecule has 1 aliphatic rings. The molecule has 0 saturated carbocycles. The molecule has 4 rings (SSSR count). The first-order chi connectivity index (χ1) is 16.9. The van der Waals surface area contributed by atoms with E-state index in [-0.39, 0.29) is 12.8 Å². The molecule has 0 aromatic heterocycles. The Hall–Kier alpha value is -3.84. The summed E-state index contributed by atoms with van der Waals surface area (Å²) in [6.07, 6.45) is 1.99. The van der Waals surface area contributed by atoms with Crippen LogP contribution in [0.25, 0.3) is 0 Å². The van der Waals surface area contributed by atoms with Gasteiger partial charge in [-0.2, -0.15) is 0 Å². The fraction of sp³-hybridized carbons (Fsp3) is 0.286. The van der Waals surface area contributed by atoms with Crippen LogP contribution in [0.1, 0.15) is 32.6 Å². The Morgan fingerprint density at radius 2 is 1.63 bits per heavy atom. The standard InChI is InChI=1S/C28H30N2O5/c1-34-24-10-9-21(16-25(24)35-14-12-20-6-4-5-19(15-20)11-13-29)26(31)30-28(27(32)33)17-22-7-2-3-8-23(22)18-28/h2-10,15-16H,11-14,17-18,29H2,1H3,(H,30,31)(H,32,33). The predicted molar refractivity (Wildman–Crippen MR) is 133 cm³/mol. The zero-order valence-corrected chi connectivity index (χ0v) is 19.8. The van der Waals surface area contributed by atoms with Crippen LogP contribution < -0.4 is 20.5 Å². The van der Waals surface area contributed by atoms with Crippen LogP contribution in [0.3, 0.4) is 0 Å². The molecule has 0 radical (unpaired) electrons. The highest BCUT2D eigenvalue weighted by molar-refractivity contribution is 5.99. The van der Waals surface area contributed by atoms with Crippen molar-refractivity contribution in [2.24, 2.45) is 5.73 Å². The minimum Gasteiger partial charge on any atom is -0.493 e. The Kier molecular flexibility index (Phi) is 7.36. The van der Waals surface area contributed by atoms with Crippen molar-refractivity contribution in [3.8, 4) is 11.5 Å². The first kappa shape index (κ1) is 24.3. The van der Waals surface area contributed by atoms with Gasteiger partial charge in [0.05, 0.1) is 13.7 Å². The minimum absolute atomic E-state index is 0.243. The Balaban J connectivity index is 1.46. The molecule has 1 amide bonds. The average molecular weight is 475 g/mol. The van der Waals surface area contributed by atoms with Crippen LogP contribution in [0, 0.1) is 0 Å². The molecule has 0 aliphatic heterocycles. The highest BCUT2D eigenvalue weighted by Gasteiger charge is 2.45. The van der Waals surface area contributed by atoms with Gasteiger partial charge < -0.3 is 25.6 Å². The summed E-state index contributed by atoms with van der Waals surface area (Å²) in [5.74, 6) is -0.594. The van der Waals surface area contributed by atoms with Crippen molar-refractivity contribution in [1.82, 2.24) is 5.32 Å². The van der Waals surface area contributed by atoms with Crippen LogP contribution in [-0.2, 0) is 30.5 Å². The first-order valence-electron chi connectivity index (χ1n) is 11.7. The number of fused-ring (bicyclic) bond motifs is 1. The second-order valence-corrected chi connectivity index (χ2v) is 8.79. The van der Waals surface area contributed by atoms with Gasteiger partial charge in [-0.1, -0.05) is 48.5 Å². The van der Waals surface area contributed by atoms with Crippen LogP contribution in [0.5, 0.6) is 11.5 Å². The van der Waals surface area contributed by atoms with Crippen LogP contribution in [0.4, 0.5) is 0 Å². The van der Waals surface area contributed by atoms with E-state index in [0.717, 1.165) is 23.1 Å². The Morgan fingerprint density at radius 3 is 2.26 bits per heavy atom. The number of nitrogens with two attached hydrogens (primary N) is 1. The number of carboxylic acid groups (broad SMARTS) is 1. The van der Waals surface area contributed by atoms with Gasteiger partial charge in [-0.05, 0) is 53.4 Å². The molecule has 35 heavy (non-hydrogen) atoms. The highest BCUT2D eigenvalue weighted by Crippen LogP contribution is 2.32. The third-order valence-corrected chi connectivity index (χ3v) is 6.36.